The van der Waals surface area contributed by atoms with Crippen LogP contribution < -0.4 is 4.74 Å². The Kier molecular flexibility index (Phi) is 8.75. The first-order chi connectivity index (χ1) is 15.3. The lowest BCUT2D eigenvalue weighted by Gasteiger charge is -2.27. The van der Waals surface area contributed by atoms with Crippen LogP contribution in [0.5, 0.6) is 5.75 Å². The van der Waals surface area contributed by atoms with Gasteiger partial charge in [0.25, 0.3) is 0 Å². The molecule has 8 heteroatoms. The molecular weight excluding hydrogens is 425 g/mol. The lowest BCUT2D eigenvalue weighted by molar-refractivity contribution is -0.336. The molecule has 1 aromatic carbocycles. The van der Waals surface area contributed by atoms with Gasteiger partial charge in [-0.2, -0.15) is 13.2 Å². The van der Waals surface area contributed by atoms with Crippen LogP contribution in [-0.4, -0.2) is 29.9 Å². The summed E-state index contributed by atoms with van der Waals surface area (Å²) in [5.41, 5.74) is -0.720. The maximum Gasteiger partial charge on any atom is 0.416 e. The van der Waals surface area contributed by atoms with Gasteiger partial charge >= 0.3 is 12.1 Å². The topological polar surface area (TPSA) is 65.0 Å². The molecule has 1 saturated heterocycles. The van der Waals surface area contributed by atoms with Gasteiger partial charge in [-0.1, -0.05) is 30.4 Å². The highest BCUT2D eigenvalue weighted by Crippen LogP contribution is 2.44. The van der Waals surface area contributed by atoms with E-state index in [4.69, 9.17) is 19.6 Å². The molecule has 1 heterocycles. The molecule has 0 radical (unpaired) electrons. The lowest BCUT2D eigenvalue weighted by atomic mass is 9.89. The van der Waals surface area contributed by atoms with Crippen LogP contribution in [0.4, 0.5) is 13.2 Å². The second-order valence-electron chi connectivity index (χ2n) is 8.18. The number of allylic oxidation sites excluding steroid dienone is 2. The van der Waals surface area contributed by atoms with E-state index in [1.165, 1.54) is 12.1 Å². The maximum atomic E-state index is 12.8. The van der Waals surface area contributed by atoms with Crippen LogP contribution in [0.1, 0.15) is 50.5 Å². The summed E-state index contributed by atoms with van der Waals surface area (Å²) >= 11 is 0. The number of carboxylic acids is 1. The maximum absolute atomic E-state index is 12.8. The Morgan fingerprint density at radius 2 is 1.94 bits per heavy atom. The summed E-state index contributed by atoms with van der Waals surface area (Å²) in [5.74, 6) is -0.0252. The van der Waals surface area contributed by atoms with Crippen molar-refractivity contribution >= 4 is 5.97 Å². The van der Waals surface area contributed by atoms with Gasteiger partial charge in [-0.3, -0.25) is 4.79 Å². The Bertz CT molecular complexity index is 805. The summed E-state index contributed by atoms with van der Waals surface area (Å²) in [6.45, 7) is 0.289. The molecule has 1 aliphatic heterocycles. The fourth-order valence-electron chi connectivity index (χ4n) is 4.19. The van der Waals surface area contributed by atoms with Gasteiger partial charge in [0.1, 0.15) is 11.9 Å². The van der Waals surface area contributed by atoms with E-state index in [9.17, 15) is 18.0 Å². The second-order valence-corrected chi connectivity index (χ2v) is 8.18. The number of benzene rings is 1. The van der Waals surface area contributed by atoms with E-state index in [0.29, 0.717) is 18.8 Å². The molecule has 4 atom stereocenters. The fourth-order valence-corrected chi connectivity index (χ4v) is 4.19. The predicted octanol–water partition coefficient (Wildman–Crippen LogP) is 5.96. The first kappa shape index (κ1) is 24.3. The largest absolute Gasteiger partial charge is 0.493 e. The predicted molar refractivity (Wildman–Crippen MR) is 112 cm³/mol. The van der Waals surface area contributed by atoms with Crippen LogP contribution in [0.3, 0.4) is 0 Å². The number of ether oxygens (including phenoxy) is 1. The Hall–Kier alpha value is -2.32. The average molecular weight is 454 g/mol. The van der Waals surface area contributed by atoms with Crippen LogP contribution in [0.2, 0.25) is 0 Å². The molecule has 1 aromatic rings. The van der Waals surface area contributed by atoms with Gasteiger partial charge in [0.2, 0.25) is 0 Å². The third kappa shape index (κ3) is 7.10. The van der Waals surface area contributed by atoms with Crippen molar-refractivity contribution in [3.63, 3.8) is 0 Å². The smallest absolute Gasteiger partial charge is 0.416 e. The third-order valence-corrected chi connectivity index (χ3v) is 5.83. The highest BCUT2D eigenvalue weighted by Gasteiger charge is 2.49. The summed E-state index contributed by atoms with van der Waals surface area (Å²) in [5, 5.41) is 8.65. The average Bonchev–Trinajstić information content (AvgIpc) is 3.34. The van der Waals surface area contributed by atoms with Gasteiger partial charge in [0, 0.05) is 24.7 Å². The summed E-state index contributed by atoms with van der Waals surface area (Å²) in [6.07, 6.45) is 8.92. The summed E-state index contributed by atoms with van der Waals surface area (Å²) in [6, 6.07) is 4.89. The number of hydrogen-bond acceptors (Lipinski definition) is 4. The lowest BCUT2D eigenvalue weighted by Crippen LogP contribution is -2.28. The first-order valence-corrected chi connectivity index (χ1v) is 11.0. The molecule has 1 saturated carbocycles. The Morgan fingerprint density at radius 1 is 1.12 bits per heavy atom. The van der Waals surface area contributed by atoms with Crippen LogP contribution in [0.15, 0.2) is 48.6 Å². The summed E-state index contributed by atoms with van der Waals surface area (Å²) in [4.78, 5) is 21.3. The number of hydrogen-bond donors (Lipinski definition) is 1. The first-order valence-electron chi connectivity index (χ1n) is 11.0. The van der Waals surface area contributed by atoms with Crippen molar-refractivity contribution in [2.75, 3.05) is 6.61 Å². The van der Waals surface area contributed by atoms with Gasteiger partial charge < -0.3 is 9.84 Å². The molecule has 1 aliphatic carbocycles. The molecule has 5 nitrogen and oxygen atoms in total. The van der Waals surface area contributed by atoms with E-state index in [-0.39, 0.29) is 36.9 Å². The number of aliphatic carboxylic acids is 1. The molecule has 32 heavy (non-hydrogen) atoms. The number of unbranched alkanes of at least 4 members (excludes halogenated alkanes) is 2. The van der Waals surface area contributed by atoms with Crippen molar-refractivity contribution in [3.8, 4) is 5.75 Å². The zero-order valence-corrected chi connectivity index (χ0v) is 17.8. The molecule has 1 unspecified atom stereocenters. The highest BCUT2D eigenvalue weighted by molar-refractivity contribution is 5.66. The standard InChI is InChI=1S/C24H29F3O5/c25-24(26,27)17-9-8-10-18(15-17)30-14-7-6-12-20-19(21-16-22(20)32-31-21)11-4-2-1-3-5-13-23(28)29/h2,4,6,8-10,12,15,19-22H,1,3,5,7,11,13-14,16H2,(H,28,29)/b4-2-,12-6+/t19-,20?,21+,22-/m1/s1. The monoisotopic (exact) mass is 454 g/mol. The zero-order valence-electron chi connectivity index (χ0n) is 17.8. The quantitative estimate of drug-likeness (QED) is 0.240. The van der Waals surface area contributed by atoms with Crippen molar-refractivity contribution in [1.29, 1.82) is 0 Å². The minimum absolute atomic E-state index is 0.0228. The third-order valence-electron chi connectivity index (χ3n) is 5.83. The molecular formula is C24H29F3O5. The van der Waals surface area contributed by atoms with E-state index in [2.05, 4.69) is 18.2 Å². The van der Waals surface area contributed by atoms with Crippen molar-refractivity contribution < 1.29 is 37.6 Å². The highest BCUT2D eigenvalue weighted by atomic mass is 19.4. The normalized spacial score (nSPS) is 25.2. The molecule has 176 valence electrons. The van der Waals surface area contributed by atoms with Gasteiger partial charge in [0.15, 0.2) is 0 Å². The Morgan fingerprint density at radius 3 is 2.72 bits per heavy atom. The zero-order chi connectivity index (χ0) is 23.0. The van der Waals surface area contributed by atoms with Crippen LogP contribution in [0, 0.1) is 11.8 Å². The van der Waals surface area contributed by atoms with Crippen molar-refractivity contribution in [1.82, 2.24) is 0 Å². The number of carbonyl (C=O) groups is 1. The Labute approximate surface area is 185 Å². The minimum Gasteiger partial charge on any atom is -0.493 e. The molecule has 3 rings (SSSR count). The van der Waals surface area contributed by atoms with Crippen LogP contribution >= 0.6 is 0 Å². The Balaban J connectivity index is 1.41. The van der Waals surface area contributed by atoms with Crippen molar-refractivity contribution in [3.05, 3.63) is 54.1 Å². The van der Waals surface area contributed by atoms with Crippen LogP contribution in [0.25, 0.3) is 0 Å². The summed E-state index contributed by atoms with van der Waals surface area (Å²) in [7, 11) is 0. The van der Waals surface area contributed by atoms with Crippen LogP contribution in [-0.2, 0) is 20.7 Å². The van der Waals surface area contributed by atoms with E-state index >= 15 is 0 Å². The molecule has 0 amide bonds. The van der Waals surface area contributed by atoms with E-state index < -0.39 is 17.7 Å². The minimum atomic E-state index is -4.38. The van der Waals surface area contributed by atoms with Gasteiger partial charge in [-0.15, -0.1) is 0 Å². The molecule has 2 bridgehead atoms. The number of halogens is 3. The van der Waals surface area contributed by atoms with E-state index in [1.807, 2.05) is 6.08 Å². The molecule has 2 aliphatic rings. The van der Waals surface area contributed by atoms with E-state index in [1.54, 1.807) is 0 Å². The van der Waals surface area contributed by atoms with Gasteiger partial charge in [-0.05, 0) is 50.3 Å². The number of rotatable bonds is 12. The number of alkyl halides is 3. The molecule has 0 spiro atoms. The number of carboxylic acid groups (broad SMARTS) is 1. The number of fused-ring (bicyclic) bond motifs is 2. The van der Waals surface area contributed by atoms with Gasteiger partial charge in [0.05, 0.1) is 18.3 Å². The van der Waals surface area contributed by atoms with Crippen molar-refractivity contribution in [2.45, 2.75) is 63.3 Å². The summed E-state index contributed by atoms with van der Waals surface area (Å²) < 4.78 is 43.8. The van der Waals surface area contributed by atoms with Crippen molar-refractivity contribution in [2.24, 2.45) is 11.8 Å². The van der Waals surface area contributed by atoms with E-state index in [0.717, 1.165) is 37.8 Å². The second kappa shape index (κ2) is 11.5. The SMILES string of the molecule is O=C(O)CCCC/C=C\C[C@@H]1C(/C=C/CCOc2cccc(C(F)(F)F)c2)[C@H]2C[C@@H]1OO2. The molecule has 0 aromatic heterocycles. The molecule has 1 N–H and O–H groups in total. The fraction of sp³-hybridized carbons (Fsp3) is 0.542. The molecule has 2 fully saturated rings. The van der Waals surface area contributed by atoms with Gasteiger partial charge in [-0.25, -0.2) is 9.78 Å².